The van der Waals surface area contributed by atoms with Gasteiger partial charge in [0.25, 0.3) is 0 Å². The third-order valence-corrected chi connectivity index (χ3v) is 5.38. The van der Waals surface area contributed by atoms with Crippen LogP contribution in [0.4, 0.5) is 5.69 Å². The maximum absolute atomic E-state index is 11.4. The van der Waals surface area contributed by atoms with Crippen LogP contribution in [0.25, 0.3) is 0 Å². The molecule has 4 rings (SSSR count). The molecule has 3 aliphatic rings. The molecule has 21 heavy (non-hydrogen) atoms. The molecule has 1 aromatic rings. The summed E-state index contributed by atoms with van der Waals surface area (Å²) < 4.78 is 5.97. The normalized spacial score (nSPS) is 39.8. The molecular weight excluding hydrogens is 268 g/mol. The van der Waals surface area contributed by atoms with Crippen molar-refractivity contribution in [3.8, 4) is 0 Å². The summed E-state index contributed by atoms with van der Waals surface area (Å²) >= 11 is 0. The molecule has 0 N–H and O–H groups in total. The average Bonchev–Trinajstić information content (AvgIpc) is 3.08. The minimum Gasteiger partial charge on any atom is -0.368 e. The number of hydrogen-bond donors (Lipinski definition) is 0. The van der Waals surface area contributed by atoms with Crippen LogP contribution in [-0.4, -0.2) is 29.3 Å². The second kappa shape index (κ2) is 3.85. The molecule has 0 aromatic heterocycles. The number of aryl methyl sites for hydroxylation is 1. The number of ether oxygens (including phenoxy) is 1. The van der Waals surface area contributed by atoms with Crippen molar-refractivity contribution in [3.63, 3.8) is 0 Å². The van der Waals surface area contributed by atoms with Crippen molar-refractivity contribution in [2.45, 2.75) is 25.2 Å². The maximum atomic E-state index is 11.4. The van der Waals surface area contributed by atoms with Crippen LogP contribution in [0.15, 0.2) is 36.4 Å². The summed E-state index contributed by atoms with van der Waals surface area (Å²) in [6.07, 6.45) is 3.58. The number of hydrogen-bond acceptors (Lipinski definition) is 4. The number of benzene rings is 1. The molecule has 1 spiro atoms. The van der Waals surface area contributed by atoms with Crippen molar-refractivity contribution >= 4 is 5.69 Å². The molecule has 0 saturated carbocycles. The van der Waals surface area contributed by atoms with E-state index in [9.17, 15) is 10.1 Å². The Morgan fingerprint density at radius 3 is 2.67 bits per heavy atom. The van der Waals surface area contributed by atoms with Crippen molar-refractivity contribution in [2.24, 2.45) is 11.8 Å². The Hall–Kier alpha value is -1.88. The quantitative estimate of drug-likeness (QED) is 0.476. The van der Waals surface area contributed by atoms with Crippen LogP contribution in [0.3, 0.4) is 0 Å². The van der Waals surface area contributed by atoms with Gasteiger partial charge < -0.3 is 4.90 Å². The molecule has 2 saturated heterocycles. The highest BCUT2D eigenvalue weighted by Crippen LogP contribution is 2.57. The SMILES string of the molecule is Cc1ccc(N2C[C@@H]3[C@H](C)[C@]4([N+](=O)[O-])C=C[C@]3(C2)O4)cc1. The van der Waals surface area contributed by atoms with Gasteiger partial charge in [0.15, 0.2) is 0 Å². The Morgan fingerprint density at radius 1 is 1.33 bits per heavy atom. The Bertz CT molecular complexity index is 641. The van der Waals surface area contributed by atoms with Gasteiger partial charge in [-0.15, -0.1) is 0 Å². The van der Waals surface area contributed by atoms with Gasteiger partial charge in [0, 0.05) is 24.2 Å². The van der Waals surface area contributed by atoms with Gasteiger partial charge in [0.1, 0.15) is 5.60 Å². The zero-order valence-electron chi connectivity index (χ0n) is 12.2. The highest BCUT2D eigenvalue weighted by atomic mass is 16.7. The molecular formula is C16H18N2O3. The Labute approximate surface area is 123 Å². The smallest absolute Gasteiger partial charge is 0.348 e. The molecule has 110 valence electrons. The first-order chi connectivity index (χ1) is 9.97. The van der Waals surface area contributed by atoms with Gasteiger partial charge in [0.05, 0.1) is 17.4 Å². The highest BCUT2D eigenvalue weighted by Gasteiger charge is 2.72. The van der Waals surface area contributed by atoms with Crippen molar-refractivity contribution < 1.29 is 9.66 Å². The first kappa shape index (κ1) is 12.8. The Morgan fingerprint density at radius 2 is 2.05 bits per heavy atom. The molecule has 2 bridgehead atoms. The summed E-state index contributed by atoms with van der Waals surface area (Å²) in [6, 6.07) is 8.41. The van der Waals surface area contributed by atoms with E-state index in [1.54, 1.807) is 6.08 Å². The van der Waals surface area contributed by atoms with Gasteiger partial charge in [-0.3, -0.25) is 14.9 Å². The van der Waals surface area contributed by atoms with Gasteiger partial charge in [0.2, 0.25) is 0 Å². The first-order valence-electron chi connectivity index (χ1n) is 7.33. The summed E-state index contributed by atoms with van der Waals surface area (Å²) in [7, 11) is 0. The second-order valence-electron chi connectivity index (χ2n) is 6.51. The number of nitrogens with zero attached hydrogens (tertiary/aromatic N) is 2. The highest BCUT2D eigenvalue weighted by molar-refractivity contribution is 5.51. The van der Waals surface area contributed by atoms with Crippen molar-refractivity contribution in [1.29, 1.82) is 0 Å². The second-order valence-corrected chi connectivity index (χ2v) is 6.51. The molecule has 0 aliphatic carbocycles. The van der Waals surface area contributed by atoms with Gasteiger partial charge in [-0.2, -0.15) is 0 Å². The molecule has 0 unspecified atom stereocenters. The van der Waals surface area contributed by atoms with E-state index >= 15 is 0 Å². The predicted molar refractivity (Wildman–Crippen MR) is 78.7 cm³/mol. The lowest BCUT2D eigenvalue weighted by atomic mass is 9.76. The molecule has 3 heterocycles. The lowest BCUT2D eigenvalue weighted by Gasteiger charge is -2.25. The van der Waals surface area contributed by atoms with Crippen LogP contribution in [0.5, 0.6) is 0 Å². The number of rotatable bonds is 2. The molecule has 0 radical (unpaired) electrons. The van der Waals surface area contributed by atoms with Crippen LogP contribution < -0.4 is 4.90 Å². The summed E-state index contributed by atoms with van der Waals surface area (Å²) in [5.74, 6) is 0.0714. The minimum absolute atomic E-state index is 0.104. The van der Waals surface area contributed by atoms with E-state index in [2.05, 4.69) is 36.1 Å². The van der Waals surface area contributed by atoms with Crippen LogP contribution >= 0.6 is 0 Å². The summed E-state index contributed by atoms with van der Waals surface area (Å²) in [4.78, 5) is 13.4. The monoisotopic (exact) mass is 286 g/mol. The van der Waals surface area contributed by atoms with E-state index in [1.807, 2.05) is 13.0 Å². The molecule has 5 heteroatoms. The van der Waals surface area contributed by atoms with E-state index in [4.69, 9.17) is 4.74 Å². The zero-order valence-corrected chi connectivity index (χ0v) is 12.2. The predicted octanol–water partition coefficient (Wildman–Crippen LogP) is 2.38. The van der Waals surface area contributed by atoms with Crippen LogP contribution in [0, 0.1) is 28.9 Å². The summed E-state index contributed by atoms with van der Waals surface area (Å²) in [5.41, 5.74) is 0.600. The lowest BCUT2D eigenvalue weighted by Crippen LogP contribution is -2.42. The van der Waals surface area contributed by atoms with Gasteiger partial charge in [-0.25, -0.2) is 0 Å². The Kier molecular flexibility index (Phi) is 2.35. The molecule has 1 aromatic carbocycles. The van der Waals surface area contributed by atoms with E-state index in [0.717, 1.165) is 12.2 Å². The lowest BCUT2D eigenvalue weighted by molar-refractivity contribution is -0.615. The topological polar surface area (TPSA) is 55.6 Å². The van der Waals surface area contributed by atoms with Gasteiger partial charge in [-0.05, 0) is 25.1 Å². The average molecular weight is 286 g/mol. The zero-order chi connectivity index (χ0) is 14.8. The van der Waals surface area contributed by atoms with Crippen LogP contribution in [0.1, 0.15) is 12.5 Å². The standard InChI is InChI=1S/C16H18N2O3/c1-11-3-5-13(6-4-11)17-9-14-12(2)16(18(19)20)8-7-15(14,10-17)21-16/h3-8,12,14H,9-10H2,1-2H3/t12-,14+,15+,16-/m0/s1. The molecule has 0 amide bonds. The van der Waals surface area contributed by atoms with Crippen molar-refractivity contribution in [1.82, 2.24) is 0 Å². The molecule has 3 aliphatic heterocycles. The fraction of sp³-hybridized carbons (Fsp3) is 0.500. The number of anilines is 1. The maximum Gasteiger partial charge on any atom is 0.348 e. The van der Waals surface area contributed by atoms with E-state index in [0.29, 0.717) is 6.54 Å². The number of fused-ring (bicyclic) bond motifs is 1. The molecule has 4 atom stereocenters. The molecule has 2 fully saturated rings. The van der Waals surface area contributed by atoms with E-state index < -0.39 is 11.3 Å². The fourth-order valence-corrected chi connectivity index (χ4v) is 4.12. The number of nitro groups is 1. The van der Waals surface area contributed by atoms with Crippen LogP contribution in [0.2, 0.25) is 0 Å². The fourth-order valence-electron chi connectivity index (χ4n) is 4.12. The van der Waals surface area contributed by atoms with Crippen LogP contribution in [-0.2, 0) is 4.74 Å². The van der Waals surface area contributed by atoms with E-state index in [-0.39, 0.29) is 16.8 Å². The van der Waals surface area contributed by atoms with Crippen molar-refractivity contribution in [3.05, 3.63) is 52.1 Å². The largest absolute Gasteiger partial charge is 0.368 e. The third-order valence-electron chi connectivity index (χ3n) is 5.38. The van der Waals surface area contributed by atoms with Gasteiger partial charge in [-0.1, -0.05) is 24.6 Å². The minimum atomic E-state index is -1.30. The summed E-state index contributed by atoms with van der Waals surface area (Å²) in [6.45, 7) is 5.51. The molecule has 5 nitrogen and oxygen atoms in total. The first-order valence-corrected chi connectivity index (χ1v) is 7.33. The Balaban J connectivity index is 1.65. The van der Waals surface area contributed by atoms with Gasteiger partial charge >= 0.3 is 5.72 Å². The summed E-state index contributed by atoms with van der Waals surface area (Å²) in [5, 5.41) is 11.4. The third kappa shape index (κ3) is 1.50. The van der Waals surface area contributed by atoms with E-state index in [1.165, 1.54) is 5.56 Å². The van der Waals surface area contributed by atoms with Crippen molar-refractivity contribution in [2.75, 3.05) is 18.0 Å².